The van der Waals surface area contributed by atoms with E-state index in [4.69, 9.17) is 14.0 Å². The zero-order chi connectivity index (χ0) is 17.1. The SMILES string of the molecule is COc1cncc(O[C@H]2CCN(C(=O)Cc3c(C)noc3C)C2)n1. The second-order valence-electron chi connectivity index (χ2n) is 5.75. The van der Waals surface area contributed by atoms with Gasteiger partial charge in [0, 0.05) is 18.5 Å². The molecule has 0 aromatic carbocycles. The molecule has 2 aromatic heterocycles. The van der Waals surface area contributed by atoms with E-state index < -0.39 is 0 Å². The number of methoxy groups -OCH3 is 1. The zero-order valence-electron chi connectivity index (χ0n) is 14.0. The van der Waals surface area contributed by atoms with E-state index in [1.807, 2.05) is 13.8 Å². The Hall–Kier alpha value is -2.64. The van der Waals surface area contributed by atoms with Crippen molar-refractivity contribution in [3.8, 4) is 11.8 Å². The van der Waals surface area contributed by atoms with Crippen LogP contribution in [0.1, 0.15) is 23.4 Å². The summed E-state index contributed by atoms with van der Waals surface area (Å²) in [5.41, 5.74) is 1.63. The molecule has 0 aliphatic carbocycles. The smallest absolute Gasteiger partial charge is 0.235 e. The first-order chi connectivity index (χ1) is 11.6. The van der Waals surface area contributed by atoms with Gasteiger partial charge in [0.1, 0.15) is 11.9 Å². The number of carbonyl (C=O) groups is 1. The Balaban J connectivity index is 1.57. The molecule has 128 valence electrons. The molecule has 8 heteroatoms. The molecule has 2 aromatic rings. The molecule has 1 aliphatic heterocycles. The van der Waals surface area contributed by atoms with Crippen LogP contribution in [0.4, 0.5) is 0 Å². The molecule has 1 atom stereocenters. The van der Waals surface area contributed by atoms with Crippen molar-refractivity contribution in [3.63, 3.8) is 0 Å². The highest BCUT2D eigenvalue weighted by Gasteiger charge is 2.29. The number of carbonyl (C=O) groups excluding carboxylic acids is 1. The molecule has 0 unspecified atom stereocenters. The van der Waals surface area contributed by atoms with Gasteiger partial charge in [0.05, 0.1) is 38.2 Å². The van der Waals surface area contributed by atoms with Crippen LogP contribution in [-0.4, -0.2) is 52.2 Å². The van der Waals surface area contributed by atoms with E-state index in [0.717, 1.165) is 17.7 Å². The normalized spacial score (nSPS) is 17.1. The minimum Gasteiger partial charge on any atom is -0.480 e. The van der Waals surface area contributed by atoms with Gasteiger partial charge in [-0.1, -0.05) is 5.16 Å². The van der Waals surface area contributed by atoms with Crippen LogP contribution in [0.15, 0.2) is 16.9 Å². The predicted octanol–water partition coefficient (Wildman–Crippen LogP) is 1.31. The van der Waals surface area contributed by atoms with Crippen LogP contribution in [0, 0.1) is 13.8 Å². The summed E-state index contributed by atoms with van der Waals surface area (Å²) in [6.45, 7) is 4.85. The van der Waals surface area contributed by atoms with E-state index in [1.165, 1.54) is 19.5 Å². The Bertz CT molecular complexity index is 711. The van der Waals surface area contributed by atoms with Crippen LogP contribution in [0.5, 0.6) is 11.8 Å². The van der Waals surface area contributed by atoms with Crippen LogP contribution in [0.3, 0.4) is 0 Å². The summed E-state index contributed by atoms with van der Waals surface area (Å²) in [6.07, 6.45) is 4.01. The standard InChI is InChI=1S/C16H20N4O4/c1-10-13(11(2)24-19-10)6-16(21)20-5-4-12(9-20)23-15-8-17-7-14(18-15)22-3/h7-8,12H,4-6,9H2,1-3H3/t12-/m0/s1. The summed E-state index contributed by atoms with van der Waals surface area (Å²) >= 11 is 0. The average molecular weight is 332 g/mol. The number of nitrogens with zero attached hydrogens (tertiary/aromatic N) is 4. The third-order valence-corrected chi connectivity index (χ3v) is 4.09. The van der Waals surface area contributed by atoms with Crippen molar-refractivity contribution in [1.82, 2.24) is 20.0 Å². The van der Waals surface area contributed by atoms with Crippen LogP contribution < -0.4 is 9.47 Å². The van der Waals surface area contributed by atoms with Crippen LogP contribution in [-0.2, 0) is 11.2 Å². The predicted molar refractivity (Wildman–Crippen MR) is 83.9 cm³/mol. The number of aromatic nitrogens is 3. The summed E-state index contributed by atoms with van der Waals surface area (Å²) in [5.74, 6) is 1.54. The number of likely N-dealkylation sites (tertiary alicyclic amines) is 1. The molecule has 3 heterocycles. The third-order valence-electron chi connectivity index (χ3n) is 4.09. The van der Waals surface area contributed by atoms with Crippen LogP contribution >= 0.6 is 0 Å². The van der Waals surface area contributed by atoms with Crippen molar-refractivity contribution < 1.29 is 18.8 Å². The first-order valence-corrected chi connectivity index (χ1v) is 7.79. The van der Waals surface area contributed by atoms with Gasteiger partial charge in [0.15, 0.2) is 0 Å². The van der Waals surface area contributed by atoms with Gasteiger partial charge in [0.2, 0.25) is 17.7 Å². The quantitative estimate of drug-likeness (QED) is 0.815. The van der Waals surface area contributed by atoms with Gasteiger partial charge >= 0.3 is 0 Å². The molecule has 3 rings (SSSR count). The average Bonchev–Trinajstić information content (AvgIpc) is 3.17. The topological polar surface area (TPSA) is 90.6 Å². The maximum Gasteiger partial charge on any atom is 0.235 e. The van der Waals surface area contributed by atoms with Gasteiger partial charge in [-0.3, -0.25) is 9.78 Å². The van der Waals surface area contributed by atoms with Gasteiger partial charge in [-0.05, 0) is 13.8 Å². The highest BCUT2D eigenvalue weighted by molar-refractivity contribution is 5.79. The number of hydrogen-bond acceptors (Lipinski definition) is 7. The molecule has 1 fully saturated rings. The summed E-state index contributed by atoms with van der Waals surface area (Å²) < 4.78 is 15.9. The van der Waals surface area contributed by atoms with Crippen molar-refractivity contribution in [2.75, 3.05) is 20.2 Å². The first kappa shape index (κ1) is 16.2. The summed E-state index contributed by atoms with van der Waals surface area (Å²) in [4.78, 5) is 22.5. The zero-order valence-corrected chi connectivity index (χ0v) is 14.0. The molecule has 1 aliphatic rings. The molecule has 0 bridgehead atoms. The second-order valence-corrected chi connectivity index (χ2v) is 5.75. The number of rotatable bonds is 5. The third kappa shape index (κ3) is 3.47. The molecular formula is C16H20N4O4. The number of ether oxygens (including phenoxy) is 2. The Kier molecular flexibility index (Phi) is 4.64. The van der Waals surface area contributed by atoms with Crippen LogP contribution in [0.25, 0.3) is 0 Å². The van der Waals surface area contributed by atoms with Gasteiger partial charge in [0.25, 0.3) is 0 Å². The molecule has 8 nitrogen and oxygen atoms in total. The fourth-order valence-corrected chi connectivity index (χ4v) is 2.73. The Labute approximate surface area is 139 Å². The van der Waals surface area contributed by atoms with Crippen molar-refractivity contribution in [2.24, 2.45) is 0 Å². The van der Waals surface area contributed by atoms with Gasteiger partial charge < -0.3 is 18.9 Å². The fourth-order valence-electron chi connectivity index (χ4n) is 2.73. The van der Waals surface area contributed by atoms with E-state index in [0.29, 0.717) is 37.0 Å². The Morgan fingerprint density at radius 1 is 1.38 bits per heavy atom. The molecule has 0 saturated carbocycles. The summed E-state index contributed by atoms with van der Waals surface area (Å²) in [7, 11) is 1.53. The number of amides is 1. The lowest BCUT2D eigenvalue weighted by Crippen LogP contribution is -2.32. The van der Waals surface area contributed by atoms with Crippen LogP contribution in [0.2, 0.25) is 0 Å². The lowest BCUT2D eigenvalue weighted by molar-refractivity contribution is -0.129. The fraction of sp³-hybridized carbons (Fsp3) is 0.500. The monoisotopic (exact) mass is 332 g/mol. The van der Waals surface area contributed by atoms with E-state index >= 15 is 0 Å². The van der Waals surface area contributed by atoms with Gasteiger partial charge in [-0.25, -0.2) is 0 Å². The molecule has 24 heavy (non-hydrogen) atoms. The highest BCUT2D eigenvalue weighted by atomic mass is 16.5. The van der Waals surface area contributed by atoms with E-state index in [1.54, 1.807) is 4.90 Å². The van der Waals surface area contributed by atoms with Gasteiger partial charge in [-0.15, -0.1) is 0 Å². The second kappa shape index (κ2) is 6.86. The Morgan fingerprint density at radius 2 is 2.17 bits per heavy atom. The van der Waals surface area contributed by atoms with Crippen molar-refractivity contribution in [1.29, 1.82) is 0 Å². The highest BCUT2D eigenvalue weighted by Crippen LogP contribution is 2.20. The van der Waals surface area contributed by atoms with Crippen molar-refractivity contribution in [3.05, 3.63) is 29.4 Å². The molecular weight excluding hydrogens is 312 g/mol. The Morgan fingerprint density at radius 3 is 2.88 bits per heavy atom. The molecule has 0 radical (unpaired) electrons. The van der Waals surface area contributed by atoms with Crippen molar-refractivity contribution in [2.45, 2.75) is 32.8 Å². The number of hydrogen-bond donors (Lipinski definition) is 0. The lowest BCUT2D eigenvalue weighted by atomic mass is 10.1. The van der Waals surface area contributed by atoms with E-state index in [9.17, 15) is 4.79 Å². The van der Waals surface area contributed by atoms with E-state index in [2.05, 4.69) is 15.1 Å². The molecule has 0 spiro atoms. The minimum atomic E-state index is -0.0972. The molecule has 1 saturated heterocycles. The molecule has 1 amide bonds. The van der Waals surface area contributed by atoms with Crippen molar-refractivity contribution >= 4 is 5.91 Å². The lowest BCUT2D eigenvalue weighted by Gasteiger charge is -2.17. The van der Waals surface area contributed by atoms with E-state index in [-0.39, 0.29) is 12.0 Å². The largest absolute Gasteiger partial charge is 0.480 e. The number of aryl methyl sites for hydroxylation is 2. The molecule has 0 N–H and O–H groups in total. The van der Waals surface area contributed by atoms with Gasteiger partial charge in [-0.2, -0.15) is 4.98 Å². The maximum absolute atomic E-state index is 12.5. The maximum atomic E-state index is 12.5. The summed E-state index contributed by atoms with van der Waals surface area (Å²) in [5, 5.41) is 3.89. The first-order valence-electron chi connectivity index (χ1n) is 7.79. The minimum absolute atomic E-state index is 0.0484. The summed E-state index contributed by atoms with van der Waals surface area (Å²) in [6, 6.07) is 0.